The molecule has 14 heteroatoms. The molecule has 4 unspecified atom stereocenters. The number of benzene rings is 1. The lowest BCUT2D eigenvalue weighted by Gasteiger charge is -2.25. The number of nitrogens with one attached hydrogen (secondary N) is 5. The summed E-state index contributed by atoms with van der Waals surface area (Å²) in [5.41, 5.74) is 7.58. The number of rotatable bonds is 14. The van der Waals surface area contributed by atoms with Crippen molar-refractivity contribution < 1.29 is 24.3 Å². The number of carboxylic acid groups (broad SMARTS) is 1. The molecule has 3 rings (SSSR count). The number of aromatic nitrogens is 4. The van der Waals surface area contributed by atoms with E-state index >= 15 is 0 Å². The Hall–Kier alpha value is -4.17. The van der Waals surface area contributed by atoms with E-state index in [9.17, 15) is 24.3 Å². The van der Waals surface area contributed by atoms with Crippen LogP contribution >= 0.6 is 12.6 Å². The van der Waals surface area contributed by atoms with Gasteiger partial charge in [-0.1, -0.05) is 30.3 Å². The average molecular weight is 543 g/mol. The molecule has 0 bridgehead atoms. The molecule has 38 heavy (non-hydrogen) atoms. The van der Waals surface area contributed by atoms with Crippen LogP contribution in [0.5, 0.6) is 0 Å². The Morgan fingerprint density at radius 1 is 0.816 bits per heavy atom. The second-order valence-corrected chi connectivity index (χ2v) is 8.93. The van der Waals surface area contributed by atoms with Crippen molar-refractivity contribution in [2.75, 3.05) is 5.75 Å². The number of carbonyl (C=O) groups excluding carboxylic acids is 3. The van der Waals surface area contributed by atoms with Crippen molar-refractivity contribution in [2.24, 2.45) is 5.73 Å². The van der Waals surface area contributed by atoms with Crippen LogP contribution in [0.25, 0.3) is 0 Å². The lowest BCUT2D eigenvalue weighted by molar-refractivity contribution is -0.142. The Kier molecular flexibility index (Phi) is 10.4. The Morgan fingerprint density at radius 3 is 1.82 bits per heavy atom. The van der Waals surface area contributed by atoms with Crippen LogP contribution in [0, 0.1) is 0 Å². The van der Waals surface area contributed by atoms with Gasteiger partial charge in [-0.2, -0.15) is 12.6 Å². The molecule has 1 aromatic carbocycles. The van der Waals surface area contributed by atoms with Crippen molar-refractivity contribution in [3.8, 4) is 0 Å². The third-order valence-electron chi connectivity index (χ3n) is 5.65. The summed E-state index contributed by atoms with van der Waals surface area (Å²) in [7, 11) is 0. The van der Waals surface area contributed by atoms with Crippen molar-refractivity contribution in [2.45, 2.75) is 43.4 Å². The number of H-pyrrole nitrogens is 2. The summed E-state index contributed by atoms with van der Waals surface area (Å²) in [6.45, 7) is 0. The minimum atomic E-state index is -1.27. The summed E-state index contributed by atoms with van der Waals surface area (Å²) in [6.07, 6.45) is 5.90. The topological polar surface area (TPSA) is 208 Å². The number of amides is 3. The molecular weight excluding hydrogens is 512 g/mol. The molecule has 0 fully saturated rings. The quantitative estimate of drug-likeness (QED) is 0.118. The second-order valence-electron chi connectivity index (χ2n) is 8.56. The highest BCUT2D eigenvalue weighted by molar-refractivity contribution is 7.80. The first-order valence-electron chi connectivity index (χ1n) is 11.8. The fraction of sp³-hybridized carbons (Fsp3) is 0.333. The minimum absolute atomic E-state index is 0.0345. The van der Waals surface area contributed by atoms with E-state index in [-0.39, 0.29) is 25.0 Å². The Bertz CT molecular complexity index is 1190. The van der Waals surface area contributed by atoms with Gasteiger partial charge in [0.05, 0.1) is 18.7 Å². The maximum Gasteiger partial charge on any atom is 0.326 e. The number of hydrogen-bond acceptors (Lipinski definition) is 8. The van der Waals surface area contributed by atoms with Crippen LogP contribution in [0.1, 0.15) is 17.0 Å². The minimum Gasteiger partial charge on any atom is -0.480 e. The predicted molar refractivity (Wildman–Crippen MR) is 140 cm³/mol. The molecule has 0 aliphatic rings. The van der Waals surface area contributed by atoms with E-state index in [4.69, 9.17) is 5.73 Å². The molecule has 0 radical (unpaired) electrons. The fourth-order valence-electron chi connectivity index (χ4n) is 3.61. The number of nitrogens with zero attached hydrogens (tertiary/aromatic N) is 2. The van der Waals surface area contributed by atoms with Crippen molar-refractivity contribution >= 4 is 36.3 Å². The number of hydrogen-bond donors (Lipinski definition) is 8. The molecule has 2 aromatic heterocycles. The monoisotopic (exact) mass is 542 g/mol. The summed E-state index contributed by atoms with van der Waals surface area (Å²) < 4.78 is 0. The zero-order chi connectivity index (χ0) is 27.5. The number of aliphatic carboxylic acids is 1. The van der Waals surface area contributed by atoms with Gasteiger partial charge < -0.3 is 36.8 Å². The number of aromatic amines is 2. The SMILES string of the molecule is NC(CS)C(=O)NC(Cc1cnc[nH]1)C(=O)NC(Cc1ccccc1)C(=O)NC(Cc1cnc[nH]1)C(=O)O. The third-order valence-corrected chi connectivity index (χ3v) is 6.05. The molecule has 2 heterocycles. The summed E-state index contributed by atoms with van der Waals surface area (Å²) in [5.74, 6) is -3.13. The van der Waals surface area contributed by atoms with Gasteiger partial charge in [0, 0.05) is 48.8 Å². The van der Waals surface area contributed by atoms with Gasteiger partial charge in [-0.3, -0.25) is 14.4 Å². The number of carbonyl (C=O) groups is 4. The van der Waals surface area contributed by atoms with Crippen molar-refractivity contribution in [3.05, 3.63) is 72.3 Å². The van der Waals surface area contributed by atoms with Gasteiger partial charge in [-0.15, -0.1) is 0 Å². The molecule has 0 spiro atoms. The Labute approximate surface area is 223 Å². The van der Waals surface area contributed by atoms with E-state index in [0.29, 0.717) is 11.4 Å². The lowest BCUT2D eigenvalue weighted by Crippen LogP contribution is -2.58. The first-order chi connectivity index (χ1) is 18.3. The van der Waals surface area contributed by atoms with Crippen LogP contribution in [-0.4, -0.2) is 78.7 Å². The summed E-state index contributed by atoms with van der Waals surface area (Å²) in [5, 5.41) is 17.4. The molecule has 0 aliphatic heterocycles. The van der Waals surface area contributed by atoms with Crippen LogP contribution in [0.3, 0.4) is 0 Å². The number of imidazole rings is 2. The Balaban J connectivity index is 1.80. The van der Waals surface area contributed by atoms with Gasteiger partial charge in [0.2, 0.25) is 17.7 Å². The van der Waals surface area contributed by atoms with Crippen LogP contribution in [-0.2, 0) is 38.4 Å². The molecule has 4 atom stereocenters. The normalized spacial score (nSPS) is 14.1. The maximum absolute atomic E-state index is 13.4. The predicted octanol–water partition coefficient (Wildman–Crippen LogP) is -1.04. The average Bonchev–Trinajstić information content (AvgIpc) is 3.62. The van der Waals surface area contributed by atoms with Gasteiger partial charge in [0.15, 0.2) is 0 Å². The van der Waals surface area contributed by atoms with Crippen molar-refractivity contribution in [3.63, 3.8) is 0 Å². The van der Waals surface area contributed by atoms with Gasteiger partial charge in [0.25, 0.3) is 0 Å². The molecule has 3 aromatic rings. The van der Waals surface area contributed by atoms with E-state index in [1.54, 1.807) is 24.3 Å². The molecule has 0 saturated carbocycles. The molecule has 13 nitrogen and oxygen atoms in total. The highest BCUT2D eigenvalue weighted by Gasteiger charge is 2.31. The molecule has 0 saturated heterocycles. The summed E-state index contributed by atoms with van der Waals surface area (Å²) in [6, 6.07) is 4.47. The molecule has 202 valence electrons. The molecule has 0 aliphatic carbocycles. The zero-order valence-electron chi connectivity index (χ0n) is 20.3. The van der Waals surface area contributed by atoms with Crippen LogP contribution in [0.2, 0.25) is 0 Å². The number of nitrogens with two attached hydrogens (primary N) is 1. The van der Waals surface area contributed by atoms with E-state index < -0.39 is 47.9 Å². The number of carboxylic acids is 1. The Morgan fingerprint density at radius 2 is 1.32 bits per heavy atom. The van der Waals surface area contributed by atoms with Gasteiger partial charge in [-0.25, -0.2) is 14.8 Å². The van der Waals surface area contributed by atoms with Crippen LogP contribution in [0.15, 0.2) is 55.4 Å². The first kappa shape index (κ1) is 28.4. The van der Waals surface area contributed by atoms with E-state index in [1.807, 2.05) is 6.07 Å². The van der Waals surface area contributed by atoms with Crippen molar-refractivity contribution in [1.82, 2.24) is 35.9 Å². The van der Waals surface area contributed by atoms with E-state index in [1.165, 1.54) is 25.0 Å². The standard InChI is InChI=1S/C24H30N8O5S/c25-17(11-38)21(33)30-19(7-15-9-26-12-28-15)23(35)31-18(6-14-4-2-1-3-5-14)22(34)32-20(24(36)37)8-16-10-27-13-29-16/h1-5,9-10,12-13,17-20,38H,6-8,11,25H2,(H,26,28)(H,27,29)(H,30,33)(H,31,35)(H,32,34)(H,36,37). The van der Waals surface area contributed by atoms with E-state index in [0.717, 1.165) is 5.56 Å². The molecular formula is C24H30N8O5S. The summed E-state index contributed by atoms with van der Waals surface area (Å²) in [4.78, 5) is 64.4. The van der Waals surface area contributed by atoms with Gasteiger partial charge in [0.1, 0.15) is 18.1 Å². The largest absolute Gasteiger partial charge is 0.480 e. The highest BCUT2D eigenvalue weighted by Crippen LogP contribution is 2.07. The third kappa shape index (κ3) is 8.45. The molecule has 3 amide bonds. The van der Waals surface area contributed by atoms with Crippen LogP contribution in [0.4, 0.5) is 0 Å². The summed E-state index contributed by atoms with van der Waals surface area (Å²) >= 11 is 4.03. The molecule has 8 N–H and O–H groups in total. The first-order valence-corrected chi connectivity index (χ1v) is 12.4. The maximum atomic E-state index is 13.4. The van der Waals surface area contributed by atoms with Gasteiger partial charge >= 0.3 is 5.97 Å². The second kappa shape index (κ2) is 13.9. The fourth-order valence-corrected chi connectivity index (χ4v) is 3.77. The highest BCUT2D eigenvalue weighted by atomic mass is 32.1. The zero-order valence-corrected chi connectivity index (χ0v) is 21.2. The number of thiol groups is 1. The lowest BCUT2D eigenvalue weighted by atomic mass is 10.0. The van der Waals surface area contributed by atoms with Crippen LogP contribution < -0.4 is 21.7 Å². The van der Waals surface area contributed by atoms with Gasteiger partial charge in [-0.05, 0) is 5.56 Å². The van der Waals surface area contributed by atoms with E-state index in [2.05, 4.69) is 48.5 Å². The smallest absolute Gasteiger partial charge is 0.326 e. The van der Waals surface area contributed by atoms with Crippen molar-refractivity contribution in [1.29, 1.82) is 0 Å².